The van der Waals surface area contributed by atoms with Crippen LogP contribution in [0.4, 0.5) is 0 Å². The molecule has 0 unspecified atom stereocenters. The molecule has 0 bridgehead atoms. The highest BCUT2D eigenvalue weighted by Crippen LogP contribution is 2.29. The second-order valence-corrected chi connectivity index (χ2v) is 6.18. The summed E-state index contributed by atoms with van der Waals surface area (Å²) >= 11 is 0. The zero-order valence-electron chi connectivity index (χ0n) is 8.20. The number of hydrogen-bond donors (Lipinski definition) is 1. The lowest BCUT2D eigenvalue weighted by molar-refractivity contribution is 0.107. The fraction of sp³-hybridized carbons (Fsp3) is 0.750. The molecule has 0 aromatic carbocycles. The number of sulfone groups is 1. The molecule has 1 N–H and O–H groups in total. The SMILES string of the molecule is O=S1(=O)CCC(CO)(n2cncn2)CC1. The van der Waals surface area contributed by atoms with E-state index in [1.54, 1.807) is 4.68 Å². The van der Waals surface area contributed by atoms with Crippen LogP contribution in [0.1, 0.15) is 12.8 Å². The fourth-order valence-electron chi connectivity index (χ4n) is 1.83. The predicted molar refractivity (Wildman–Crippen MR) is 53.0 cm³/mol. The lowest BCUT2D eigenvalue weighted by Gasteiger charge is -2.35. The molecular formula is C8H13N3O3S. The highest BCUT2D eigenvalue weighted by Gasteiger charge is 2.39. The summed E-state index contributed by atoms with van der Waals surface area (Å²) in [6, 6.07) is 0. The fourth-order valence-corrected chi connectivity index (χ4v) is 3.42. The molecule has 0 atom stereocenters. The first-order chi connectivity index (χ1) is 7.08. The maximum absolute atomic E-state index is 11.3. The van der Waals surface area contributed by atoms with Crippen molar-refractivity contribution in [2.24, 2.45) is 0 Å². The molecule has 0 aliphatic carbocycles. The zero-order valence-corrected chi connectivity index (χ0v) is 9.02. The van der Waals surface area contributed by atoms with Crippen LogP contribution in [-0.4, -0.2) is 46.4 Å². The van der Waals surface area contributed by atoms with Crippen molar-refractivity contribution in [1.82, 2.24) is 14.8 Å². The van der Waals surface area contributed by atoms with Crippen LogP contribution in [0.3, 0.4) is 0 Å². The van der Waals surface area contributed by atoms with E-state index in [4.69, 9.17) is 0 Å². The van der Waals surface area contributed by atoms with Crippen molar-refractivity contribution >= 4 is 9.84 Å². The lowest BCUT2D eigenvalue weighted by Crippen LogP contribution is -2.45. The van der Waals surface area contributed by atoms with Gasteiger partial charge in [-0.3, -0.25) is 0 Å². The van der Waals surface area contributed by atoms with Gasteiger partial charge in [-0.2, -0.15) is 5.10 Å². The third kappa shape index (κ3) is 1.89. The summed E-state index contributed by atoms with van der Waals surface area (Å²) in [5, 5.41) is 13.4. The molecule has 1 aliphatic rings. The normalized spacial score (nSPS) is 23.8. The summed E-state index contributed by atoms with van der Waals surface area (Å²) in [5.74, 6) is 0.209. The Hall–Kier alpha value is -0.950. The molecule has 0 amide bonds. The van der Waals surface area contributed by atoms with Crippen LogP contribution in [0.25, 0.3) is 0 Å². The van der Waals surface area contributed by atoms with Crippen molar-refractivity contribution in [1.29, 1.82) is 0 Å². The van der Waals surface area contributed by atoms with Gasteiger partial charge < -0.3 is 5.11 Å². The number of hydrogen-bond acceptors (Lipinski definition) is 5. The molecule has 0 saturated carbocycles. The average Bonchev–Trinajstić information content (AvgIpc) is 2.72. The molecule has 2 rings (SSSR count). The third-order valence-corrected chi connectivity index (χ3v) is 4.61. The summed E-state index contributed by atoms with van der Waals surface area (Å²) < 4.78 is 24.2. The molecule has 1 aromatic rings. The number of nitrogens with zero attached hydrogens (tertiary/aromatic N) is 3. The highest BCUT2D eigenvalue weighted by atomic mass is 32.2. The van der Waals surface area contributed by atoms with E-state index in [0.717, 1.165) is 0 Å². The Labute approximate surface area is 87.9 Å². The third-order valence-electron chi connectivity index (χ3n) is 2.96. The second-order valence-electron chi connectivity index (χ2n) is 3.87. The van der Waals surface area contributed by atoms with Gasteiger partial charge in [0.15, 0.2) is 9.84 Å². The van der Waals surface area contributed by atoms with Crippen LogP contribution >= 0.6 is 0 Å². The average molecular weight is 231 g/mol. The first-order valence-electron chi connectivity index (χ1n) is 4.74. The van der Waals surface area contributed by atoms with Gasteiger partial charge in [-0.1, -0.05) is 0 Å². The summed E-state index contributed by atoms with van der Waals surface area (Å²) in [6.45, 7) is -0.105. The summed E-state index contributed by atoms with van der Waals surface area (Å²) in [6.07, 6.45) is 3.71. The van der Waals surface area contributed by atoms with Gasteiger partial charge in [0, 0.05) is 0 Å². The highest BCUT2D eigenvalue weighted by molar-refractivity contribution is 7.91. The van der Waals surface area contributed by atoms with E-state index in [-0.39, 0.29) is 18.1 Å². The molecule has 1 aromatic heterocycles. The largest absolute Gasteiger partial charge is 0.394 e. The van der Waals surface area contributed by atoms with E-state index >= 15 is 0 Å². The minimum atomic E-state index is -2.93. The standard InChI is InChI=1S/C8H13N3O3S/c12-5-8(11-7-9-6-10-11)1-3-15(13,14)4-2-8/h6-7,12H,1-5H2. The van der Waals surface area contributed by atoms with E-state index < -0.39 is 15.4 Å². The Kier molecular flexibility index (Phi) is 2.51. The molecule has 2 heterocycles. The molecular weight excluding hydrogens is 218 g/mol. The first-order valence-corrected chi connectivity index (χ1v) is 6.57. The van der Waals surface area contributed by atoms with Crippen molar-refractivity contribution in [3.05, 3.63) is 12.7 Å². The molecule has 0 spiro atoms. The van der Waals surface area contributed by atoms with Crippen molar-refractivity contribution in [3.8, 4) is 0 Å². The molecule has 15 heavy (non-hydrogen) atoms. The van der Waals surface area contributed by atoms with Crippen molar-refractivity contribution in [2.45, 2.75) is 18.4 Å². The van der Waals surface area contributed by atoms with Crippen LogP contribution in [0.5, 0.6) is 0 Å². The van der Waals surface area contributed by atoms with Crippen molar-refractivity contribution in [3.63, 3.8) is 0 Å². The van der Waals surface area contributed by atoms with Crippen LogP contribution in [0.15, 0.2) is 12.7 Å². The van der Waals surface area contributed by atoms with Gasteiger partial charge >= 0.3 is 0 Å². The monoisotopic (exact) mass is 231 g/mol. The van der Waals surface area contributed by atoms with E-state index in [0.29, 0.717) is 12.8 Å². The van der Waals surface area contributed by atoms with Crippen molar-refractivity contribution in [2.75, 3.05) is 18.1 Å². The van der Waals surface area contributed by atoms with Gasteiger partial charge in [0.2, 0.25) is 0 Å². The van der Waals surface area contributed by atoms with Gasteiger partial charge in [0.05, 0.1) is 23.7 Å². The Bertz CT molecular complexity index is 412. The minimum Gasteiger partial charge on any atom is -0.394 e. The molecule has 7 heteroatoms. The number of aliphatic hydroxyl groups excluding tert-OH is 1. The van der Waals surface area contributed by atoms with E-state index in [1.165, 1.54) is 12.7 Å². The summed E-state index contributed by atoms with van der Waals surface area (Å²) in [4.78, 5) is 3.82. The summed E-state index contributed by atoms with van der Waals surface area (Å²) in [5.41, 5.74) is -0.582. The maximum Gasteiger partial charge on any atom is 0.150 e. The van der Waals surface area contributed by atoms with Crippen LogP contribution < -0.4 is 0 Å². The Balaban J connectivity index is 2.26. The van der Waals surface area contributed by atoms with E-state index in [1.807, 2.05) is 0 Å². The minimum absolute atomic E-state index is 0.105. The number of aromatic nitrogens is 3. The Morgan fingerprint density at radius 3 is 2.53 bits per heavy atom. The molecule has 1 saturated heterocycles. The van der Waals surface area contributed by atoms with Gasteiger partial charge in [-0.25, -0.2) is 18.1 Å². The number of rotatable bonds is 2. The Morgan fingerprint density at radius 2 is 2.07 bits per heavy atom. The van der Waals surface area contributed by atoms with Crippen LogP contribution in [0, 0.1) is 0 Å². The van der Waals surface area contributed by atoms with Crippen molar-refractivity contribution < 1.29 is 13.5 Å². The van der Waals surface area contributed by atoms with Crippen LogP contribution in [0.2, 0.25) is 0 Å². The van der Waals surface area contributed by atoms with Gasteiger partial charge in [-0.05, 0) is 12.8 Å². The first kappa shape index (κ1) is 10.6. The zero-order chi connectivity index (χ0) is 10.9. The molecule has 1 aliphatic heterocycles. The van der Waals surface area contributed by atoms with E-state index in [2.05, 4.69) is 10.1 Å². The van der Waals surface area contributed by atoms with Crippen LogP contribution in [-0.2, 0) is 15.4 Å². The lowest BCUT2D eigenvalue weighted by atomic mass is 9.94. The molecule has 1 fully saturated rings. The van der Waals surface area contributed by atoms with Gasteiger partial charge in [0.1, 0.15) is 12.7 Å². The molecule has 84 valence electrons. The predicted octanol–water partition coefficient (Wildman–Crippen LogP) is -0.826. The Morgan fingerprint density at radius 1 is 1.40 bits per heavy atom. The van der Waals surface area contributed by atoms with Gasteiger partial charge in [0.25, 0.3) is 0 Å². The smallest absolute Gasteiger partial charge is 0.150 e. The summed E-state index contributed by atoms with van der Waals surface area (Å²) in [7, 11) is -2.93. The van der Waals surface area contributed by atoms with E-state index in [9.17, 15) is 13.5 Å². The second kappa shape index (κ2) is 3.57. The molecule has 6 nitrogen and oxygen atoms in total. The number of aliphatic hydroxyl groups is 1. The van der Waals surface area contributed by atoms with Gasteiger partial charge in [-0.15, -0.1) is 0 Å². The maximum atomic E-state index is 11.3. The quantitative estimate of drug-likeness (QED) is 0.718. The molecule has 0 radical (unpaired) electrons. The topological polar surface area (TPSA) is 85.1 Å².